The number of nitrogens with one attached hydrogen (secondary N) is 1. The van der Waals surface area contributed by atoms with Crippen LogP contribution in [-0.4, -0.2) is 22.6 Å². The Hall–Kier alpha value is -2.47. The molecule has 0 aromatic carbocycles. The van der Waals surface area contributed by atoms with Gasteiger partial charge in [-0.15, -0.1) is 11.3 Å². The largest absolute Gasteiger partial charge is 0.355 e. The molecule has 0 radical (unpaired) electrons. The van der Waals surface area contributed by atoms with Crippen molar-refractivity contribution in [3.8, 4) is 11.3 Å². The highest BCUT2D eigenvalue weighted by Crippen LogP contribution is 2.25. The number of rotatable bonds is 5. The molecule has 3 rings (SSSR count). The van der Waals surface area contributed by atoms with Crippen LogP contribution in [0.5, 0.6) is 0 Å². The fraction of sp³-hybridized carbons (Fsp3) is 0.188. The SMILES string of the molecule is Cc1noc(-c2ccncc2)c1C(=O)NCCc1cccs1. The molecule has 0 spiro atoms. The van der Waals surface area contributed by atoms with Crippen LogP contribution in [-0.2, 0) is 6.42 Å². The molecule has 6 heteroatoms. The van der Waals surface area contributed by atoms with Gasteiger partial charge in [0, 0.05) is 29.4 Å². The zero-order valence-corrected chi connectivity index (χ0v) is 12.9. The summed E-state index contributed by atoms with van der Waals surface area (Å²) in [6.07, 6.45) is 4.13. The number of carbonyl (C=O) groups is 1. The number of aryl methyl sites for hydroxylation is 1. The van der Waals surface area contributed by atoms with E-state index in [0.29, 0.717) is 23.6 Å². The van der Waals surface area contributed by atoms with Gasteiger partial charge in [0.25, 0.3) is 5.91 Å². The second kappa shape index (κ2) is 6.53. The minimum Gasteiger partial charge on any atom is -0.355 e. The first-order valence-corrected chi connectivity index (χ1v) is 7.81. The topological polar surface area (TPSA) is 68.0 Å². The third kappa shape index (κ3) is 3.07. The zero-order chi connectivity index (χ0) is 15.4. The van der Waals surface area contributed by atoms with Crippen LogP contribution in [0.2, 0.25) is 0 Å². The van der Waals surface area contributed by atoms with Crippen molar-refractivity contribution in [2.75, 3.05) is 6.54 Å². The summed E-state index contributed by atoms with van der Waals surface area (Å²) >= 11 is 1.69. The van der Waals surface area contributed by atoms with Gasteiger partial charge in [-0.2, -0.15) is 0 Å². The fourth-order valence-corrected chi connectivity index (χ4v) is 2.89. The number of amides is 1. The Morgan fingerprint density at radius 2 is 2.14 bits per heavy atom. The van der Waals surface area contributed by atoms with Crippen LogP contribution in [0.3, 0.4) is 0 Å². The molecular formula is C16H15N3O2S. The van der Waals surface area contributed by atoms with E-state index < -0.39 is 0 Å². The summed E-state index contributed by atoms with van der Waals surface area (Å²) < 4.78 is 5.32. The second-order valence-electron chi connectivity index (χ2n) is 4.79. The lowest BCUT2D eigenvalue weighted by molar-refractivity contribution is 0.0954. The van der Waals surface area contributed by atoms with Crippen molar-refractivity contribution in [1.82, 2.24) is 15.5 Å². The molecule has 3 aromatic heterocycles. The van der Waals surface area contributed by atoms with Crippen LogP contribution in [0.25, 0.3) is 11.3 Å². The number of hydrogen-bond acceptors (Lipinski definition) is 5. The first kappa shape index (κ1) is 14.5. The van der Waals surface area contributed by atoms with E-state index in [0.717, 1.165) is 12.0 Å². The Labute approximate surface area is 132 Å². The normalized spacial score (nSPS) is 10.6. The minimum atomic E-state index is -0.165. The van der Waals surface area contributed by atoms with E-state index in [9.17, 15) is 4.79 Å². The average molecular weight is 313 g/mol. The molecule has 112 valence electrons. The number of thiophene rings is 1. The maximum Gasteiger partial charge on any atom is 0.257 e. The number of nitrogens with zero attached hydrogens (tertiary/aromatic N) is 2. The molecule has 0 saturated carbocycles. The molecule has 0 aliphatic carbocycles. The van der Waals surface area contributed by atoms with Crippen molar-refractivity contribution in [2.24, 2.45) is 0 Å². The predicted octanol–water partition coefficient (Wildman–Crippen LogP) is 3.08. The van der Waals surface area contributed by atoms with Gasteiger partial charge in [-0.3, -0.25) is 9.78 Å². The highest BCUT2D eigenvalue weighted by Gasteiger charge is 2.21. The first-order valence-electron chi connectivity index (χ1n) is 6.93. The van der Waals surface area contributed by atoms with Crippen molar-refractivity contribution < 1.29 is 9.32 Å². The Morgan fingerprint density at radius 3 is 2.86 bits per heavy atom. The summed E-state index contributed by atoms with van der Waals surface area (Å²) in [4.78, 5) is 17.6. The molecule has 3 aromatic rings. The molecule has 0 bridgehead atoms. The zero-order valence-electron chi connectivity index (χ0n) is 12.1. The highest BCUT2D eigenvalue weighted by atomic mass is 32.1. The summed E-state index contributed by atoms with van der Waals surface area (Å²) in [6, 6.07) is 7.65. The molecule has 0 unspecified atom stereocenters. The van der Waals surface area contributed by atoms with Crippen molar-refractivity contribution in [3.63, 3.8) is 0 Å². The van der Waals surface area contributed by atoms with Crippen molar-refractivity contribution >= 4 is 17.2 Å². The van der Waals surface area contributed by atoms with E-state index in [-0.39, 0.29) is 5.91 Å². The van der Waals surface area contributed by atoms with Crippen molar-refractivity contribution in [3.05, 3.63) is 58.2 Å². The van der Waals surface area contributed by atoms with Gasteiger partial charge in [-0.05, 0) is 36.9 Å². The third-order valence-electron chi connectivity index (χ3n) is 3.27. The van der Waals surface area contributed by atoms with Gasteiger partial charge >= 0.3 is 0 Å². The first-order chi connectivity index (χ1) is 10.8. The van der Waals surface area contributed by atoms with Gasteiger partial charge in [0.2, 0.25) is 0 Å². The summed E-state index contributed by atoms with van der Waals surface area (Å²) in [5.41, 5.74) is 1.86. The molecular weight excluding hydrogens is 298 g/mol. The van der Waals surface area contributed by atoms with E-state index in [2.05, 4.69) is 21.5 Å². The van der Waals surface area contributed by atoms with E-state index in [1.54, 1.807) is 42.8 Å². The van der Waals surface area contributed by atoms with Crippen molar-refractivity contribution in [2.45, 2.75) is 13.3 Å². The standard InChI is InChI=1S/C16H15N3O2S/c1-11-14(15(21-19-11)12-4-7-17-8-5-12)16(20)18-9-6-13-3-2-10-22-13/h2-5,7-8,10H,6,9H2,1H3,(H,18,20). The van der Waals surface area contributed by atoms with Crippen LogP contribution < -0.4 is 5.32 Å². The summed E-state index contributed by atoms with van der Waals surface area (Å²) in [5.74, 6) is 0.315. The van der Waals surface area contributed by atoms with Crippen LogP contribution in [0.4, 0.5) is 0 Å². The Bertz CT molecular complexity index is 751. The monoisotopic (exact) mass is 313 g/mol. The summed E-state index contributed by atoms with van der Waals surface area (Å²) in [7, 11) is 0. The number of aromatic nitrogens is 2. The van der Waals surface area contributed by atoms with Crippen LogP contribution in [0.15, 0.2) is 46.6 Å². The lowest BCUT2D eigenvalue weighted by Gasteiger charge is -2.05. The van der Waals surface area contributed by atoms with Gasteiger partial charge in [0.1, 0.15) is 5.56 Å². The predicted molar refractivity (Wildman–Crippen MR) is 84.8 cm³/mol. The lowest BCUT2D eigenvalue weighted by atomic mass is 10.1. The Morgan fingerprint density at radius 1 is 1.32 bits per heavy atom. The van der Waals surface area contributed by atoms with Crippen LogP contribution in [0, 0.1) is 6.92 Å². The second-order valence-corrected chi connectivity index (χ2v) is 5.83. The quantitative estimate of drug-likeness (QED) is 0.786. The molecule has 0 aliphatic rings. The molecule has 0 fully saturated rings. The molecule has 1 amide bonds. The van der Waals surface area contributed by atoms with Crippen molar-refractivity contribution in [1.29, 1.82) is 0 Å². The molecule has 22 heavy (non-hydrogen) atoms. The molecule has 0 atom stereocenters. The van der Waals surface area contributed by atoms with Gasteiger partial charge in [-0.25, -0.2) is 0 Å². The lowest BCUT2D eigenvalue weighted by Crippen LogP contribution is -2.26. The van der Waals surface area contributed by atoms with Crippen LogP contribution >= 0.6 is 11.3 Å². The van der Waals surface area contributed by atoms with E-state index in [1.807, 2.05) is 11.4 Å². The van der Waals surface area contributed by atoms with E-state index in [4.69, 9.17) is 4.52 Å². The molecule has 3 heterocycles. The van der Waals surface area contributed by atoms with E-state index in [1.165, 1.54) is 4.88 Å². The maximum absolute atomic E-state index is 12.4. The maximum atomic E-state index is 12.4. The average Bonchev–Trinajstić information content (AvgIpc) is 3.17. The molecule has 1 N–H and O–H groups in total. The number of hydrogen-bond donors (Lipinski definition) is 1. The third-order valence-corrected chi connectivity index (χ3v) is 4.21. The van der Waals surface area contributed by atoms with Gasteiger partial charge in [0.15, 0.2) is 5.76 Å². The van der Waals surface area contributed by atoms with Gasteiger partial charge < -0.3 is 9.84 Å². The number of pyridine rings is 1. The van der Waals surface area contributed by atoms with Crippen LogP contribution in [0.1, 0.15) is 20.9 Å². The summed E-state index contributed by atoms with van der Waals surface area (Å²) in [5, 5.41) is 8.87. The molecule has 0 saturated heterocycles. The fourth-order valence-electron chi connectivity index (χ4n) is 2.18. The smallest absolute Gasteiger partial charge is 0.257 e. The Balaban J connectivity index is 1.73. The molecule has 5 nitrogen and oxygen atoms in total. The van der Waals surface area contributed by atoms with Gasteiger partial charge in [0.05, 0.1) is 5.69 Å². The highest BCUT2D eigenvalue weighted by molar-refractivity contribution is 7.09. The molecule has 0 aliphatic heterocycles. The Kier molecular flexibility index (Phi) is 4.29. The van der Waals surface area contributed by atoms with Gasteiger partial charge in [-0.1, -0.05) is 11.2 Å². The summed E-state index contributed by atoms with van der Waals surface area (Å²) in [6.45, 7) is 2.35. The minimum absolute atomic E-state index is 0.165. The number of carbonyl (C=O) groups excluding carboxylic acids is 1. The van der Waals surface area contributed by atoms with E-state index >= 15 is 0 Å².